The van der Waals surface area contributed by atoms with E-state index in [1.807, 2.05) is 36.4 Å². The third-order valence-corrected chi connectivity index (χ3v) is 3.77. The van der Waals surface area contributed by atoms with E-state index in [1.165, 1.54) is 0 Å². The number of nitrogens with one attached hydrogen (secondary N) is 1. The molecule has 0 atom stereocenters. The van der Waals surface area contributed by atoms with Gasteiger partial charge in [-0.1, -0.05) is 22.8 Å². The van der Waals surface area contributed by atoms with Gasteiger partial charge in [0.2, 0.25) is 11.7 Å². The van der Waals surface area contributed by atoms with Crippen molar-refractivity contribution in [2.45, 2.75) is 6.42 Å². The van der Waals surface area contributed by atoms with Crippen LogP contribution in [0.5, 0.6) is 5.75 Å². The van der Waals surface area contributed by atoms with Crippen molar-refractivity contribution >= 4 is 47.2 Å². The van der Waals surface area contributed by atoms with Gasteiger partial charge in [-0.25, -0.2) is 0 Å². The Morgan fingerprint density at radius 2 is 2.04 bits per heavy atom. The molecule has 3 N–H and O–H groups in total. The summed E-state index contributed by atoms with van der Waals surface area (Å²) >= 11 is 5.87. The zero-order valence-electron chi connectivity index (χ0n) is 14.6. The van der Waals surface area contributed by atoms with E-state index in [4.69, 9.17) is 26.6 Å². The number of ether oxygens (including phenoxy) is 1. The first-order chi connectivity index (χ1) is 12.6. The number of methoxy groups -OCH3 is 1. The highest BCUT2D eigenvalue weighted by Crippen LogP contribution is 2.19. The van der Waals surface area contributed by atoms with Crippen LogP contribution < -0.4 is 15.8 Å². The van der Waals surface area contributed by atoms with Gasteiger partial charge in [-0.05, 0) is 36.4 Å². The molecule has 142 valence electrons. The standard InChI is InChI=1S/C18H18ClN5O2.HI/c1-25-15-4-2-3-14(11-15)22-18(20)21-10-9-16-23-17(24-26-16)12-5-7-13(19)8-6-12;/h2-8,11H,9-10H2,1H3,(H3,20,21,22);1H. The molecule has 0 unspecified atom stereocenters. The third kappa shape index (κ3) is 6.10. The van der Waals surface area contributed by atoms with Crippen molar-refractivity contribution in [1.82, 2.24) is 10.1 Å². The fourth-order valence-electron chi connectivity index (χ4n) is 2.23. The van der Waals surface area contributed by atoms with Crippen LogP contribution in [0, 0.1) is 0 Å². The lowest BCUT2D eigenvalue weighted by molar-refractivity contribution is 0.380. The first-order valence-corrected chi connectivity index (χ1v) is 8.31. The van der Waals surface area contributed by atoms with E-state index in [0.29, 0.717) is 35.7 Å². The number of nitrogens with zero attached hydrogens (tertiary/aromatic N) is 3. The minimum Gasteiger partial charge on any atom is -0.497 e. The lowest BCUT2D eigenvalue weighted by Gasteiger charge is -2.06. The fourth-order valence-corrected chi connectivity index (χ4v) is 2.36. The molecular formula is C18H19ClIN5O2. The van der Waals surface area contributed by atoms with Crippen molar-refractivity contribution in [3.8, 4) is 17.1 Å². The molecule has 2 aromatic carbocycles. The molecule has 7 nitrogen and oxygen atoms in total. The van der Waals surface area contributed by atoms with Gasteiger partial charge in [0.05, 0.1) is 13.7 Å². The topological polar surface area (TPSA) is 98.6 Å². The second kappa shape index (κ2) is 10.1. The zero-order chi connectivity index (χ0) is 18.4. The first-order valence-electron chi connectivity index (χ1n) is 7.93. The molecular weight excluding hydrogens is 481 g/mol. The molecule has 0 saturated carbocycles. The second-order valence-electron chi connectivity index (χ2n) is 5.39. The van der Waals surface area contributed by atoms with E-state index in [1.54, 1.807) is 19.2 Å². The van der Waals surface area contributed by atoms with Crippen LogP contribution in [0.2, 0.25) is 5.02 Å². The van der Waals surface area contributed by atoms with Crippen LogP contribution in [0.15, 0.2) is 58.0 Å². The predicted molar refractivity (Wildman–Crippen MR) is 117 cm³/mol. The van der Waals surface area contributed by atoms with E-state index >= 15 is 0 Å². The van der Waals surface area contributed by atoms with Crippen LogP contribution in [0.1, 0.15) is 5.89 Å². The van der Waals surface area contributed by atoms with Crippen molar-refractivity contribution in [3.63, 3.8) is 0 Å². The molecule has 0 aliphatic carbocycles. The Kier molecular flexibility index (Phi) is 7.86. The molecule has 27 heavy (non-hydrogen) atoms. The van der Waals surface area contributed by atoms with Crippen molar-refractivity contribution in [2.24, 2.45) is 10.7 Å². The summed E-state index contributed by atoms with van der Waals surface area (Å²) in [5.41, 5.74) is 7.53. The summed E-state index contributed by atoms with van der Waals surface area (Å²) in [5, 5.41) is 7.63. The fraction of sp³-hybridized carbons (Fsp3) is 0.167. The summed E-state index contributed by atoms with van der Waals surface area (Å²) < 4.78 is 10.4. The Balaban J connectivity index is 0.00000261. The number of anilines is 1. The zero-order valence-corrected chi connectivity index (χ0v) is 17.6. The molecule has 0 radical (unpaired) electrons. The van der Waals surface area contributed by atoms with Gasteiger partial charge in [-0.2, -0.15) is 4.98 Å². The summed E-state index contributed by atoms with van der Waals surface area (Å²) in [6, 6.07) is 14.7. The normalized spacial score (nSPS) is 11.0. The van der Waals surface area contributed by atoms with E-state index in [0.717, 1.165) is 17.0 Å². The van der Waals surface area contributed by atoms with Gasteiger partial charge >= 0.3 is 0 Å². The van der Waals surface area contributed by atoms with Gasteiger partial charge in [0.1, 0.15) is 5.75 Å². The van der Waals surface area contributed by atoms with Crippen LogP contribution in [0.3, 0.4) is 0 Å². The molecule has 3 rings (SSSR count). The highest BCUT2D eigenvalue weighted by molar-refractivity contribution is 14.0. The summed E-state index contributed by atoms with van der Waals surface area (Å²) in [7, 11) is 1.61. The number of halogens is 2. The van der Waals surface area contributed by atoms with Gasteiger partial charge in [0.25, 0.3) is 0 Å². The second-order valence-corrected chi connectivity index (χ2v) is 5.83. The van der Waals surface area contributed by atoms with Gasteiger partial charge in [0.15, 0.2) is 5.96 Å². The van der Waals surface area contributed by atoms with E-state index in [-0.39, 0.29) is 24.0 Å². The highest BCUT2D eigenvalue weighted by atomic mass is 127. The number of aromatic nitrogens is 2. The lowest BCUT2D eigenvalue weighted by Crippen LogP contribution is -2.23. The predicted octanol–water partition coefficient (Wildman–Crippen LogP) is 3.99. The largest absolute Gasteiger partial charge is 0.497 e. The Bertz CT molecular complexity index is 899. The minimum atomic E-state index is 0. The van der Waals surface area contributed by atoms with Crippen molar-refractivity contribution in [1.29, 1.82) is 0 Å². The van der Waals surface area contributed by atoms with Gasteiger partial charge in [-0.3, -0.25) is 4.99 Å². The summed E-state index contributed by atoms with van der Waals surface area (Å²) in [6.45, 7) is 0.422. The Morgan fingerprint density at radius 3 is 2.78 bits per heavy atom. The van der Waals surface area contributed by atoms with Gasteiger partial charge in [0, 0.05) is 28.8 Å². The molecule has 0 fully saturated rings. The summed E-state index contributed by atoms with van der Waals surface area (Å²) in [5.74, 6) is 2.05. The van der Waals surface area contributed by atoms with Gasteiger partial charge < -0.3 is 20.3 Å². The summed E-state index contributed by atoms with van der Waals surface area (Å²) in [4.78, 5) is 8.61. The number of guanidine groups is 1. The number of aliphatic imine (C=N–C) groups is 1. The van der Waals surface area contributed by atoms with E-state index in [2.05, 4.69) is 20.4 Å². The Labute approximate surface area is 179 Å². The Hall–Kier alpha value is -2.33. The van der Waals surface area contributed by atoms with Gasteiger partial charge in [-0.15, -0.1) is 24.0 Å². The monoisotopic (exact) mass is 499 g/mol. The molecule has 1 aromatic heterocycles. The quantitative estimate of drug-likeness (QED) is 0.302. The molecule has 9 heteroatoms. The molecule has 0 bridgehead atoms. The summed E-state index contributed by atoms with van der Waals surface area (Å²) in [6.07, 6.45) is 0.487. The minimum absolute atomic E-state index is 0. The average molecular weight is 500 g/mol. The number of hydrogen-bond donors (Lipinski definition) is 2. The third-order valence-electron chi connectivity index (χ3n) is 3.52. The maximum absolute atomic E-state index is 5.89. The van der Waals surface area contributed by atoms with Crippen molar-refractivity contribution in [2.75, 3.05) is 19.0 Å². The molecule has 0 aliphatic heterocycles. The van der Waals surface area contributed by atoms with Crippen molar-refractivity contribution < 1.29 is 9.26 Å². The van der Waals surface area contributed by atoms with Crippen LogP contribution in [-0.2, 0) is 6.42 Å². The molecule has 0 spiro atoms. The van der Waals surface area contributed by atoms with Crippen LogP contribution in [0.25, 0.3) is 11.4 Å². The average Bonchev–Trinajstić information content (AvgIpc) is 3.11. The molecule has 3 aromatic rings. The number of benzene rings is 2. The van der Waals surface area contributed by atoms with E-state index in [9.17, 15) is 0 Å². The highest BCUT2D eigenvalue weighted by Gasteiger charge is 2.08. The number of nitrogens with two attached hydrogens (primary N) is 1. The SMILES string of the molecule is COc1cccc(NC(N)=NCCc2nc(-c3ccc(Cl)cc3)no2)c1.I. The van der Waals surface area contributed by atoms with Crippen molar-refractivity contribution in [3.05, 3.63) is 59.4 Å². The molecule has 0 amide bonds. The molecule has 0 saturated heterocycles. The van der Waals surface area contributed by atoms with Crippen LogP contribution >= 0.6 is 35.6 Å². The van der Waals surface area contributed by atoms with Crippen LogP contribution in [-0.4, -0.2) is 29.8 Å². The number of hydrogen-bond acceptors (Lipinski definition) is 5. The molecule has 0 aliphatic rings. The first kappa shape index (κ1) is 21.0. The lowest BCUT2D eigenvalue weighted by atomic mass is 10.2. The Morgan fingerprint density at radius 1 is 1.26 bits per heavy atom. The van der Waals surface area contributed by atoms with Crippen LogP contribution in [0.4, 0.5) is 5.69 Å². The van der Waals surface area contributed by atoms with E-state index < -0.39 is 0 Å². The molecule has 1 heterocycles. The number of rotatable bonds is 6. The maximum Gasteiger partial charge on any atom is 0.228 e. The smallest absolute Gasteiger partial charge is 0.228 e. The maximum atomic E-state index is 5.89.